The molecule has 0 bridgehead atoms. The van der Waals surface area contributed by atoms with Crippen molar-refractivity contribution in [3.8, 4) is 12.3 Å². The Morgan fingerprint density at radius 3 is 2.66 bits per heavy atom. The number of carbonyl (C=O) groups excluding carboxylic acids is 1. The van der Waals surface area contributed by atoms with Crippen molar-refractivity contribution in [3.05, 3.63) is 62.7 Å². The fourth-order valence-corrected chi connectivity index (χ4v) is 4.49. The molecular weight excluding hydrogens is 579 g/mol. The summed E-state index contributed by atoms with van der Waals surface area (Å²) in [5.74, 6) is -2.24. The van der Waals surface area contributed by atoms with Gasteiger partial charge < -0.3 is 5.32 Å². The molecule has 2 aromatic rings. The van der Waals surface area contributed by atoms with E-state index in [-0.39, 0.29) is 17.3 Å². The van der Waals surface area contributed by atoms with Crippen molar-refractivity contribution in [1.82, 2.24) is 9.79 Å². The number of amides is 1. The Morgan fingerprint density at radius 2 is 2.06 bits per heavy atom. The van der Waals surface area contributed by atoms with Crippen LogP contribution < -0.4 is 10.8 Å². The van der Waals surface area contributed by atoms with Crippen LogP contribution in [0.25, 0.3) is 0 Å². The Bertz CT molecular complexity index is 1200. The van der Waals surface area contributed by atoms with Crippen LogP contribution in [0.2, 0.25) is 5.02 Å². The summed E-state index contributed by atoms with van der Waals surface area (Å²) in [6.45, 7) is 2.93. The number of carbonyl (C=O) groups is 1. The zero-order valence-electron chi connectivity index (χ0n) is 16.6. The van der Waals surface area contributed by atoms with Crippen LogP contribution in [-0.4, -0.2) is 38.8 Å². The van der Waals surface area contributed by atoms with E-state index in [2.05, 4.69) is 17.8 Å². The fourth-order valence-electron chi connectivity index (χ4n) is 2.42. The number of hydroxylamine groups is 1. The first-order valence-corrected chi connectivity index (χ1v) is 11.6. The van der Waals surface area contributed by atoms with Gasteiger partial charge in [-0.05, 0) is 46.9 Å². The number of nitrogens with zero attached hydrogens (tertiary/aromatic N) is 1. The molecule has 0 aliphatic rings. The highest BCUT2D eigenvalue weighted by atomic mass is 127. The SMILES string of the molecule is C#CCN(C)S(=O)(=O)c1cc(C(=O)NOCC=C)c(Nc2ccc(I)cc2Cl)c(F)c1F. The number of benzene rings is 2. The predicted molar refractivity (Wildman–Crippen MR) is 126 cm³/mol. The summed E-state index contributed by atoms with van der Waals surface area (Å²) in [7, 11) is -3.46. The van der Waals surface area contributed by atoms with Gasteiger partial charge in [-0.3, -0.25) is 9.63 Å². The molecule has 0 radical (unpaired) electrons. The molecule has 32 heavy (non-hydrogen) atoms. The lowest BCUT2D eigenvalue weighted by Gasteiger charge is -2.19. The Kier molecular flexibility index (Phi) is 8.99. The van der Waals surface area contributed by atoms with E-state index in [0.717, 1.165) is 10.6 Å². The first kappa shape index (κ1) is 26.0. The van der Waals surface area contributed by atoms with Gasteiger partial charge in [0.1, 0.15) is 4.90 Å². The highest BCUT2D eigenvalue weighted by molar-refractivity contribution is 14.1. The minimum atomic E-state index is -4.55. The Hall–Kier alpha value is -2.24. The second-order valence-electron chi connectivity index (χ2n) is 6.17. The van der Waals surface area contributed by atoms with Gasteiger partial charge in [0.25, 0.3) is 5.91 Å². The van der Waals surface area contributed by atoms with Crippen LogP contribution in [0.5, 0.6) is 0 Å². The van der Waals surface area contributed by atoms with E-state index in [1.54, 1.807) is 12.1 Å². The van der Waals surface area contributed by atoms with Crippen LogP contribution in [0.3, 0.4) is 0 Å². The molecule has 0 unspecified atom stereocenters. The minimum Gasteiger partial charge on any atom is -0.351 e. The van der Waals surface area contributed by atoms with Crippen molar-refractivity contribution in [2.24, 2.45) is 0 Å². The maximum Gasteiger partial charge on any atom is 0.277 e. The summed E-state index contributed by atoms with van der Waals surface area (Å²) in [6.07, 6.45) is 6.45. The summed E-state index contributed by atoms with van der Waals surface area (Å²) in [6, 6.07) is 5.38. The third-order valence-electron chi connectivity index (χ3n) is 3.98. The third-order valence-corrected chi connectivity index (χ3v) is 6.76. The number of nitrogens with one attached hydrogen (secondary N) is 2. The normalized spacial score (nSPS) is 11.2. The topological polar surface area (TPSA) is 87.7 Å². The van der Waals surface area contributed by atoms with Gasteiger partial charge in [0.15, 0.2) is 11.6 Å². The van der Waals surface area contributed by atoms with Crippen LogP contribution >= 0.6 is 34.2 Å². The van der Waals surface area contributed by atoms with Gasteiger partial charge in [-0.15, -0.1) is 13.0 Å². The van der Waals surface area contributed by atoms with Crippen LogP contribution in [0.4, 0.5) is 20.2 Å². The molecule has 7 nitrogen and oxygen atoms in total. The summed E-state index contributed by atoms with van der Waals surface area (Å²) in [5.41, 5.74) is 0.993. The zero-order chi connectivity index (χ0) is 24.1. The monoisotopic (exact) mass is 595 g/mol. The lowest BCUT2D eigenvalue weighted by molar-refractivity contribution is 0.0422. The lowest BCUT2D eigenvalue weighted by Crippen LogP contribution is -2.30. The van der Waals surface area contributed by atoms with Crippen molar-refractivity contribution in [1.29, 1.82) is 0 Å². The first-order chi connectivity index (χ1) is 15.0. The van der Waals surface area contributed by atoms with E-state index < -0.39 is 50.3 Å². The summed E-state index contributed by atoms with van der Waals surface area (Å²) < 4.78 is 56.8. The molecule has 0 aliphatic carbocycles. The van der Waals surface area contributed by atoms with E-state index in [4.69, 9.17) is 22.9 Å². The molecule has 0 aliphatic heterocycles. The van der Waals surface area contributed by atoms with Gasteiger partial charge >= 0.3 is 0 Å². The molecule has 0 heterocycles. The molecule has 0 saturated heterocycles. The quantitative estimate of drug-likeness (QED) is 0.150. The lowest BCUT2D eigenvalue weighted by atomic mass is 10.1. The van der Waals surface area contributed by atoms with Gasteiger partial charge in [0, 0.05) is 10.6 Å². The van der Waals surface area contributed by atoms with E-state index in [9.17, 15) is 17.6 Å². The summed E-state index contributed by atoms with van der Waals surface area (Å²) in [5, 5.41) is 2.72. The Balaban J connectivity index is 2.69. The van der Waals surface area contributed by atoms with Gasteiger partial charge in [-0.1, -0.05) is 23.6 Å². The molecule has 12 heteroatoms. The Morgan fingerprint density at radius 1 is 1.38 bits per heavy atom. The summed E-state index contributed by atoms with van der Waals surface area (Å²) >= 11 is 8.15. The van der Waals surface area contributed by atoms with Gasteiger partial charge in [-0.2, -0.15) is 4.31 Å². The van der Waals surface area contributed by atoms with E-state index in [1.165, 1.54) is 12.1 Å². The molecule has 2 aromatic carbocycles. The van der Waals surface area contributed by atoms with E-state index in [1.807, 2.05) is 28.1 Å². The highest BCUT2D eigenvalue weighted by Gasteiger charge is 2.31. The van der Waals surface area contributed by atoms with Crippen molar-refractivity contribution in [2.45, 2.75) is 4.90 Å². The predicted octanol–water partition coefficient (Wildman–Crippen LogP) is 4.07. The minimum absolute atomic E-state index is 0.0861. The molecule has 2 N–H and O–H groups in total. The van der Waals surface area contributed by atoms with Crippen LogP contribution in [0.15, 0.2) is 41.8 Å². The van der Waals surface area contributed by atoms with Gasteiger partial charge in [0.2, 0.25) is 10.0 Å². The second-order valence-corrected chi connectivity index (χ2v) is 9.84. The van der Waals surface area contributed by atoms with Crippen LogP contribution in [0.1, 0.15) is 10.4 Å². The molecule has 170 valence electrons. The van der Waals surface area contributed by atoms with E-state index in [0.29, 0.717) is 10.4 Å². The average Bonchev–Trinajstić information content (AvgIpc) is 2.73. The number of sulfonamides is 1. The number of hydrogen-bond acceptors (Lipinski definition) is 5. The molecule has 0 fully saturated rings. The van der Waals surface area contributed by atoms with E-state index >= 15 is 4.39 Å². The van der Waals surface area contributed by atoms with Crippen molar-refractivity contribution in [3.63, 3.8) is 0 Å². The second kappa shape index (κ2) is 11.1. The Labute approximate surface area is 202 Å². The largest absolute Gasteiger partial charge is 0.351 e. The van der Waals surface area contributed by atoms with Gasteiger partial charge in [0.05, 0.1) is 35.1 Å². The zero-order valence-corrected chi connectivity index (χ0v) is 20.3. The number of anilines is 2. The van der Waals surface area contributed by atoms with Crippen LogP contribution in [0, 0.1) is 27.5 Å². The fraction of sp³-hybridized carbons (Fsp3) is 0.150. The smallest absolute Gasteiger partial charge is 0.277 e. The number of halogens is 4. The molecular formula is C20H17ClF2IN3O4S. The number of hydrogen-bond donors (Lipinski definition) is 2. The number of rotatable bonds is 9. The highest BCUT2D eigenvalue weighted by Crippen LogP contribution is 2.34. The van der Waals surface area contributed by atoms with Crippen molar-refractivity contribution >= 4 is 61.5 Å². The van der Waals surface area contributed by atoms with Crippen molar-refractivity contribution < 1.29 is 26.8 Å². The standard InChI is InChI=1S/C20H17ClF2IN3O4S/c1-4-8-27(3)32(29,30)16-11-13(20(28)26-31-9-5-2)19(18(23)17(16)22)25-15-7-6-12(24)10-14(15)21/h1,5-7,10-11,25H,2,8-9H2,3H3,(H,26,28). The maximum atomic E-state index is 15.1. The molecule has 0 aromatic heterocycles. The molecule has 0 atom stereocenters. The van der Waals surface area contributed by atoms with Gasteiger partial charge in [-0.25, -0.2) is 22.7 Å². The first-order valence-electron chi connectivity index (χ1n) is 8.71. The maximum absolute atomic E-state index is 15.1. The molecule has 0 spiro atoms. The molecule has 2 rings (SSSR count). The molecule has 0 saturated carbocycles. The number of terminal acetylenes is 1. The molecule has 1 amide bonds. The van der Waals surface area contributed by atoms with Crippen LogP contribution in [-0.2, 0) is 14.9 Å². The van der Waals surface area contributed by atoms with Crippen molar-refractivity contribution in [2.75, 3.05) is 25.5 Å². The third kappa shape index (κ3) is 5.76. The average molecular weight is 596 g/mol. The summed E-state index contributed by atoms with van der Waals surface area (Å²) in [4.78, 5) is 16.4.